The summed E-state index contributed by atoms with van der Waals surface area (Å²) in [5.41, 5.74) is 2.24. The van der Waals surface area contributed by atoms with Crippen molar-refractivity contribution < 1.29 is 18.7 Å². The SMILES string of the molecule is COC(=O)c1ccc(CNc2cc(F)cc(C(C)=O)c2)cc1. The average Bonchev–Trinajstić information content (AvgIpc) is 2.52. The summed E-state index contributed by atoms with van der Waals surface area (Å²) >= 11 is 0. The van der Waals surface area contributed by atoms with Crippen LogP contribution >= 0.6 is 0 Å². The minimum Gasteiger partial charge on any atom is -0.465 e. The number of carbonyl (C=O) groups is 2. The highest BCUT2D eigenvalue weighted by molar-refractivity contribution is 5.95. The van der Waals surface area contributed by atoms with Gasteiger partial charge in [-0.05, 0) is 42.8 Å². The first-order valence-corrected chi connectivity index (χ1v) is 6.72. The average molecular weight is 301 g/mol. The van der Waals surface area contributed by atoms with Crippen molar-refractivity contribution in [2.24, 2.45) is 0 Å². The molecule has 2 rings (SSSR count). The molecular formula is C17H16FNO3. The van der Waals surface area contributed by atoms with Crippen LogP contribution < -0.4 is 5.32 Å². The largest absolute Gasteiger partial charge is 0.465 e. The summed E-state index contributed by atoms with van der Waals surface area (Å²) in [6.45, 7) is 1.84. The molecule has 0 aliphatic heterocycles. The van der Waals surface area contributed by atoms with E-state index in [0.29, 0.717) is 23.4 Å². The molecule has 0 fully saturated rings. The fraction of sp³-hybridized carbons (Fsp3) is 0.176. The molecule has 5 heteroatoms. The van der Waals surface area contributed by atoms with Crippen molar-refractivity contribution in [2.75, 3.05) is 12.4 Å². The van der Waals surface area contributed by atoms with Crippen LogP contribution in [0, 0.1) is 5.82 Å². The molecule has 0 saturated heterocycles. The van der Waals surface area contributed by atoms with E-state index in [-0.39, 0.29) is 5.78 Å². The summed E-state index contributed by atoms with van der Waals surface area (Å²) in [5, 5.41) is 3.05. The Hall–Kier alpha value is -2.69. The molecule has 22 heavy (non-hydrogen) atoms. The van der Waals surface area contributed by atoms with Crippen LogP contribution in [0.5, 0.6) is 0 Å². The van der Waals surface area contributed by atoms with Crippen molar-refractivity contribution in [3.63, 3.8) is 0 Å². The Morgan fingerprint density at radius 3 is 2.36 bits per heavy atom. The topological polar surface area (TPSA) is 55.4 Å². The van der Waals surface area contributed by atoms with E-state index in [1.807, 2.05) is 0 Å². The summed E-state index contributed by atoms with van der Waals surface area (Å²) in [4.78, 5) is 22.6. The lowest BCUT2D eigenvalue weighted by Crippen LogP contribution is -2.04. The van der Waals surface area contributed by atoms with Crippen molar-refractivity contribution in [1.82, 2.24) is 0 Å². The Morgan fingerprint density at radius 2 is 1.77 bits per heavy atom. The summed E-state index contributed by atoms with van der Waals surface area (Å²) in [5.74, 6) is -1.04. The number of benzene rings is 2. The molecular weight excluding hydrogens is 285 g/mol. The summed E-state index contributed by atoms with van der Waals surface area (Å²) in [6.07, 6.45) is 0. The van der Waals surface area contributed by atoms with Gasteiger partial charge in [-0.2, -0.15) is 0 Å². The highest BCUT2D eigenvalue weighted by Crippen LogP contribution is 2.16. The molecule has 0 amide bonds. The zero-order valence-electron chi connectivity index (χ0n) is 12.4. The molecule has 0 aliphatic rings. The predicted octanol–water partition coefficient (Wildman–Crippen LogP) is 3.43. The number of halogens is 1. The molecule has 114 valence electrons. The van der Waals surface area contributed by atoms with Gasteiger partial charge in [-0.15, -0.1) is 0 Å². The molecule has 0 radical (unpaired) electrons. The summed E-state index contributed by atoms with van der Waals surface area (Å²) in [7, 11) is 1.33. The number of ketones is 1. The van der Waals surface area contributed by atoms with Gasteiger partial charge in [0, 0.05) is 17.8 Å². The zero-order valence-corrected chi connectivity index (χ0v) is 12.4. The maximum absolute atomic E-state index is 13.5. The van der Waals surface area contributed by atoms with Gasteiger partial charge in [0.05, 0.1) is 12.7 Å². The molecule has 0 heterocycles. The molecule has 0 bridgehead atoms. The zero-order chi connectivity index (χ0) is 16.1. The highest BCUT2D eigenvalue weighted by Gasteiger charge is 2.06. The van der Waals surface area contributed by atoms with Gasteiger partial charge in [-0.3, -0.25) is 4.79 Å². The smallest absolute Gasteiger partial charge is 0.337 e. The second-order valence-electron chi connectivity index (χ2n) is 4.83. The van der Waals surface area contributed by atoms with E-state index in [2.05, 4.69) is 10.1 Å². The lowest BCUT2D eigenvalue weighted by Gasteiger charge is -2.09. The van der Waals surface area contributed by atoms with E-state index in [1.54, 1.807) is 30.3 Å². The van der Waals surface area contributed by atoms with Gasteiger partial charge in [-0.25, -0.2) is 9.18 Å². The molecule has 2 aromatic rings. The molecule has 0 atom stereocenters. The van der Waals surface area contributed by atoms with Crippen molar-refractivity contribution >= 4 is 17.4 Å². The van der Waals surface area contributed by atoms with Gasteiger partial charge >= 0.3 is 5.97 Å². The van der Waals surface area contributed by atoms with Crippen LogP contribution in [0.4, 0.5) is 10.1 Å². The van der Waals surface area contributed by atoms with E-state index in [9.17, 15) is 14.0 Å². The Kier molecular flexibility index (Phi) is 4.88. The van der Waals surface area contributed by atoms with Crippen molar-refractivity contribution in [3.05, 3.63) is 65.0 Å². The fourth-order valence-electron chi connectivity index (χ4n) is 1.98. The lowest BCUT2D eigenvalue weighted by atomic mass is 10.1. The minimum atomic E-state index is -0.462. The van der Waals surface area contributed by atoms with Gasteiger partial charge in [0.2, 0.25) is 0 Å². The van der Waals surface area contributed by atoms with Crippen LogP contribution in [-0.2, 0) is 11.3 Å². The number of rotatable bonds is 5. The molecule has 0 aromatic heterocycles. The van der Waals surface area contributed by atoms with E-state index >= 15 is 0 Å². The minimum absolute atomic E-state index is 0.190. The van der Waals surface area contributed by atoms with Crippen molar-refractivity contribution in [3.8, 4) is 0 Å². The van der Waals surface area contributed by atoms with Crippen molar-refractivity contribution in [1.29, 1.82) is 0 Å². The Labute approximate surface area is 127 Å². The number of nitrogens with one attached hydrogen (secondary N) is 1. The van der Waals surface area contributed by atoms with E-state index in [0.717, 1.165) is 5.56 Å². The summed E-state index contributed by atoms with van der Waals surface area (Å²) < 4.78 is 18.1. The van der Waals surface area contributed by atoms with Gasteiger partial charge in [0.15, 0.2) is 5.78 Å². The molecule has 0 spiro atoms. The number of methoxy groups -OCH3 is 1. The number of esters is 1. The molecule has 2 aromatic carbocycles. The number of hydrogen-bond acceptors (Lipinski definition) is 4. The Bertz CT molecular complexity index is 696. The molecule has 0 aliphatic carbocycles. The predicted molar refractivity (Wildman–Crippen MR) is 81.5 cm³/mol. The van der Waals surface area contributed by atoms with Crippen LogP contribution in [0.1, 0.15) is 33.2 Å². The van der Waals surface area contributed by atoms with Gasteiger partial charge in [0.25, 0.3) is 0 Å². The van der Waals surface area contributed by atoms with E-state index in [1.165, 1.54) is 26.2 Å². The third-order valence-corrected chi connectivity index (χ3v) is 3.18. The standard InChI is InChI=1S/C17H16FNO3/c1-11(20)14-7-15(18)9-16(8-14)19-10-12-3-5-13(6-4-12)17(21)22-2/h3-9,19H,10H2,1-2H3. The van der Waals surface area contributed by atoms with Gasteiger partial charge in [-0.1, -0.05) is 12.1 Å². The van der Waals surface area contributed by atoms with Crippen LogP contribution in [-0.4, -0.2) is 18.9 Å². The molecule has 0 saturated carbocycles. The van der Waals surface area contributed by atoms with Crippen LogP contribution in [0.2, 0.25) is 0 Å². The van der Waals surface area contributed by atoms with Crippen LogP contribution in [0.25, 0.3) is 0 Å². The first-order valence-electron chi connectivity index (χ1n) is 6.72. The van der Waals surface area contributed by atoms with E-state index in [4.69, 9.17) is 0 Å². The second-order valence-corrected chi connectivity index (χ2v) is 4.83. The first kappa shape index (κ1) is 15.7. The van der Waals surface area contributed by atoms with Crippen LogP contribution in [0.3, 0.4) is 0 Å². The maximum atomic E-state index is 13.5. The maximum Gasteiger partial charge on any atom is 0.337 e. The summed E-state index contributed by atoms with van der Waals surface area (Å²) in [6, 6.07) is 11.0. The first-order chi connectivity index (χ1) is 10.5. The highest BCUT2D eigenvalue weighted by atomic mass is 19.1. The third kappa shape index (κ3) is 3.91. The fourth-order valence-corrected chi connectivity index (χ4v) is 1.98. The third-order valence-electron chi connectivity index (χ3n) is 3.18. The second kappa shape index (κ2) is 6.85. The monoisotopic (exact) mass is 301 g/mol. The normalized spacial score (nSPS) is 10.1. The van der Waals surface area contributed by atoms with Crippen LogP contribution in [0.15, 0.2) is 42.5 Å². The van der Waals surface area contributed by atoms with Gasteiger partial charge < -0.3 is 10.1 Å². The number of anilines is 1. The molecule has 1 N–H and O–H groups in total. The number of carbonyl (C=O) groups excluding carboxylic acids is 2. The Balaban J connectivity index is 2.07. The number of hydrogen-bond donors (Lipinski definition) is 1. The lowest BCUT2D eigenvalue weighted by molar-refractivity contribution is 0.0600. The molecule has 0 unspecified atom stereocenters. The molecule has 4 nitrogen and oxygen atoms in total. The van der Waals surface area contributed by atoms with Crippen molar-refractivity contribution in [2.45, 2.75) is 13.5 Å². The van der Waals surface area contributed by atoms with E-state index < -0.39 is 11.8 Å². The quantitative estimate of drug-likeness (QED) is 0.679. The van der Waals surface area contributed by atoms with Gasteiger partial charge in [0.1, 0.15) is 5.82 Å². The number of ether oxygens (including phenoxy) is 1. The number of Topliss-reactive ketones (excluding diaryl/α,β-unsaturated/α-hetero) is 1. The Morgan fingerprint density at radius 1 is 1.09 bits per heavy atom.